The molecule has 1 aliphatic rings. The molecule has 0 heterocycles. The average molecular weight is 404 g/mol. The minimum atomic E-state index is -0.910. The van der Waals surface area contributed by atoms with Gasteiger partial charge in [0, 0.05) is 18.2 Å². The quantitative estimate of drug-likeness (QED) is 0.352. The molecule has 28 heavy (non-hydrogen) atoms. The van der Waals surface area contributed by atoms with Crippen LogP contribution in [0.3, 0.4) is 0 Å². The van der Waals surface area contributed by atoms with Crippen molar-refractivity contribution in [1.82, 2.24) is 5.32 Å². The summed E-state index contributed by atoms with van der Waals surface area (Å²) >= 11 is 5.61. The Bertz CT molecular complexity index is 946. The van der Waals surface area contributed by atoms with E-state index in [1.54, 1.807) is 0 Å². The highest BCUT2D eigenvalue weighted by Gasteiger charge is 2.34. The Labute approximate surface area is 166 Å². The van der Waals surface area contributed by atoms with Gasteiger partial charge < -0.3 is 22.1 Å². The van der Waals surface area contributed by atoms with Crippen LogP contribution < -0.4 is 22.1 Å². The maximum atomic E-state index is 13.5. The van der Waals surface area contributed by atoms with Gasteiger partial charge in [-0.15, -0.1) is 0 Å². The zero-order valence-electron chi connectivity index (χ0n) is 14.8. The molecule has 6 N–H and O–H groups in total. The predicted molar refractivity (Wildman–Crippen MR) is 105 cm³/mol. The first-order valence-electron chi connectivity index (χ1n) is 8.55. The van der Waals surface area contributed by atoms with Crippen molar-refractivity contribution in [3.63, 3.8) is 0 Å². The summed E-state index contributed by atoms with van der Waals surface area (Å²) in [6, 6.07) is 10.9. The lowest BCUT2D eigenvalue weighted by Crippen LogP contribution is -2.40. The van der Waals surface area contributed by atoms with Crippen LogP contribution in [-0.4, -0.2) is 24.3 Å². The van der Waals surface area contributed by atoms with Crippen LogP contribution in [0.15, 0.2) is 47.5 Å². The number of halogens is 2. The molecule has 0 bridgehead atoms. The molecular weight excluding hydrogens is 385 g/mol. The van der Waals surface area contributed by atoms with Crippen LogP contribution in [0.4, 0.5) is 10.1 Å². The largest absolute Gasteiger partial charge is 0.370 e. The van der Waals surface area contributed by atoms with Crippen molar-refractivity contribution < 1.29 is 14.0 Å². The highest BCUT2D eigenvalue weighted by Crippen LogP contribution is 2.36. The van der Waals surface area contributed by atoms with Crippen molar-refractivity contribution in [1.29, 1.82) is 0 Å². The third-order valence-corrected chi connectivity index (χ3v) is 4.83. The van der Waals surface area contributed by atoms with Crippen LogP contribution in [0, 0.1) is 11.7 Å². The second-order valence-corrected chi connectivity index (χ2v) is 6.87. The number of carbonyl (C=O) groups excluding carboxylic acids is 2. The molecule has 3 rings (SSSR count). The molecule has 2 aromatic carbocycles. The number of hydrogen-bond donors (Lipinski definition) is 4. The Morgan fingerprint density at radius 2 is 1.93 bits per heavy atom. The SMILES string of the molecule is NC(N)=NC[C@@H]1Cc2ccccc2[C@H]1NC(=O)C(=O)Nc1ccc(Cl)c(F)c1. The van der Waals surface area contributed by atoms with Gasteiger partial charge in [-0.2, -0.15) is 0 Å². The second kappa shape index (κ2) is 8.26. The van der Waals surface area contributed by atoms with Crippen molar-refractivity contribution >= 4 is 35.1 Å². The maximum absolute atomic E-state index is 13.5. The van der Waals surface area contributed by atoms with Gasteiger partial charge in [0.2, 0.25) is 0 Å². The lowest BCUT2D eigenvalue weighted by molar-refractivity contribution is -0.136. The lowest BCUT2D eigenvalue weighted by Gasteiger charge is -2.20. The van der Waals surface area contributed by atoms with Crippen LogP contribution in [0.2, 0.25) is 5.02 Å². The van der Waals surface area contributed by atoms with E-state index in [4.69, 9.17) is 23.1 Å². The van der Waals surface area contributed by atoms with Crippen LogP contribution in [0.1, 0.15) is 17.2 Å². The third-order valence-electron chi connectivity index (χ3n) is 4.52. The molecule has 146 valence electrons. The molecule has 0 aromatic heterocycles. The number of rotatable bonds is 4. The summed E-state index contributed by atoms with van der Waals surface area (Å²) in [5.41, 5.74) is 12.9. The number of nitrogens with one attached hydrogen (secondary N) is 2. The summed E-state index contributed by atoms with van der Waals surface area (Å²) in [4.78, 5) is 28.7. The van der Waals surface area contributed by atoms with Crippen molar-refractivity contribution in [2.75, 3.05) is 11.9 Å². The number of amides is 2. The molecule has 0 saturated heterocycles. The molecule has 2 amide bonds. The van der Waals surface area contributed by atoms with Gasteiger partial charge in [0.1, 0.15) is 5.82 Å². The molecule has 0 aliphatic heterocycles. The van der Waals surface area contributed by atoms with E-state index >= 15 is 0 Å². The standard InChI is InChI=1S/C19H19ClFN5O2/c20-14-6-5-12(8-15(14)21)25-17(27)18(28)26-16-11(9-24-19(22)23)7-10-3-1-2-4-13(10)16/h1-6,8,11,16H,7,9H2,(H,25,27)(H,26,28)(H4,22,23,24)/t11-,16-/m0/s1. The van der Waals surface area contributed by atoms with E-state index in [1.165, 1.54) is 12.1 Å². The van der Waals surface area contributed by atoms with Gasteiger partial charge in [0.05, 0.1) is 11.1 Å². The summed E-state index contributed by atoms with van der Waals surface area (Å²) in [5, 5.41) is 5.01. The average Bonchev–Trinajstić information content (AvgIpc) is 3.00. The minimum absolute atomic E-state index is 0.0384. The van der Waals surface area contributed by atoms with Crippen LogP contribution in [0.25, 0.3) is 0 Å². The number of aliphatic imine (C=N–C) groups is 1. The number of nitrogens with zero attached hydrogens (tertiary/aromatic N) is 1. The van der Waals surface area contributed by atoms with Crippen LogP contribution >= 0.6 is 11.6 Å². The highest BCUT2D eigenvalue weighted by molar-refractivity contribution is 6.39. The van der Waals surface area contributed by atoms with Crippen molar-refractivity contribution in [3.8, 4) is 0 Å². The number of benzene rings is 2. The van der Waals surface area contributed by atoms with Crippen molar-refractivity contribution in [2.24, 2.45) is 22.4 Å². The third kappa shape index (κ3) is 4.40. The molecule has 7 nitrogen and oxygen atoms in total. The number of anilines is 1. The number of carbonyl (C=O) groups is 2. The van der Waals surface area contributed by atoms with Crippen molar-refractivity contribution in [2.45, 2.75) is 12.5 Å². The summed E-state index contributed by atoms with van der Waals surface area (Å²) in [6.07, 6.45) is 0.669. The van der Waals surface area contributed by atoms with Crippen LogP contribution in [-0.2, 0) is 16.0 Å². The fraction of sp³-hybridized carbons (Fsp3) is 0.211. The Hall–Kier alpha value is -3.13. The minimum Gasteiger partial charge on any atom is -0.370 e. The fourth-order valence-electron chi connectivity index (χ4n) is 3.23. The number of guanidine groups is 1. The molecule has 2 aromatic rings. The smallest absolute Gasteiger partial charge is 0.313 e. The highest BCUT2D eigenvalue weighted by atomic mass is 35.5. The lowest BCUT2D eigenvalue weighted by atomic mass is 10.0. The van der Waals surface area contributed by atoms with E-state index in [0.29, 0.717) is 13.0 Å². The fourth-order valence-corrected chi connectivity index (χ4v) is 3.35. The van der Waals surface area contributed by atoms with E-state index in [9.17, 15) is 14.0 Å². The Morgan fingerprint density at radius 3 is 2.64 bits per heavy atom. The molecule has 0 spiro atoms. The van der Waals surface area contributed by atoms with Gasteiger partial charge >= 0.3 is 11.8 Å². The van der Waals surface area contributed by atoms with Gasteiger partial charge in [0.25, 0.3) is 0 Å². The molecular formula is C19H19ClFN5O2. The maximum Gasteiger partial charge on any atom is 0.313 e. The first-order valence-corrected chi connectivity index (χ1v) is 8.93. The molecule has 0 fully saturated rings. The summed E-state index contributed by atoms with van der Waals surface area (Å²) < 4.78 is 13.5. The van der Waals surface area contributed by atoms with Gasteiger partial charge in [-0.3, -0.25) is 14.6 Å². The zero-order chi connectivity index (χ0) is 20.3. The van der Waals surface area contributed by atoms with E-state index in [2.05, 4.69) is 15.6 Å². The normalized spacial score (nSPS) is 17.5. The first-order chi connectivity index (χ1) is 13.3. The number of hydrogen-bond acceptors (Lipinski definition) is 3. The summed E-state index contributed by atoms with van der Waals surface area (Å²) in [5.74, 6) is -2.58. The Kier molecular flexibility index (Phi) is 5.79. The monoisotopic (exact) mass is 403 g/mol. The molecule has 0 unspecified atom stereocenters. The van der Waals surface area contributed by atoms with Crippen molar-refractivity contribution in [3.05, 3.63) is 64.4 Å². The van der Waals surface area contributed by atoms with E-state index < -0.39 is 23.7 Å². The summed E-state index contributed by atoms with van der Waals surface area (Å²) in [6.45, 7) is 0.311. The zero-order valence-corrected chi connectivity index (χ0v) is 15.5. The Morgan fingerprint density at radius 1 is 1.18 bits per heavy atom. The van der Waals surface area contributed by atoms with E-state index in [1.807, 2.05) is 24.3 Å². The topological polar surface area (TPSA) is 123 Å². The molecule has 0 radical (unpaired) electrons. The Balaban J connectivity index is 1.73. The summed E-state index contributed by atoms with van der Waals surface area (Å²) in [7, 11) is 0. The van der Waals surface area contributed by atoms with Gasteiger partial charge in [-0.05, 0) is 35.7 Å². The second-order valence-electron chi connectivity index (χ2n) is 6.46. The molecule has 9 heteroatoms. The van der Waals surface area contributed by atoms with Crippen LogP contribution in [0.5, 0.6) is 0 Å². The molecule has 2 atom stereocenters. The predicted octanol–water partition coefficient (Wildman–Crippen LogP) is 1.72. The molecule has 0 saturated carbocycles. The first kappa shape index (κ1) is 19.6. The molecule has 1 aliphatic carbocycles. The number of fused-ring (bicyclic) bond motifs is 1. The number of nitrogens with two attached hydrogens (primary N) is 2. The van der Waals surface area contributed by atoms with Gasteiger partial charge in [-0.1, -0.05) is 35.9 Å². The van der Waals surface area contributed by atoms with E-state index in [-0.39, 0.29) is 22.6 Å². The van der Waals surface area contributed by atoms with Gasteiger partial charge in [0.15, 0.2) is 5.96 Å². The van der Waals surface area contributed by atoms with Gasteiger partial charge in [-0.25, -0.2) is 4.39 Å². The van der Waals surface area contributed by atoms with E-state index in [0.717, 1.165) is 17.2 Å².